The van der Waals surface area contributed by atoms with Crippen molar-refractivity contribution < 1.29 is 4.92 Å². The van der Waals surface area contributed by atoms with Crippen LogP contribution in [0.1, 0.15) is 32.1 Å². The van der Waals surface area contributed by atoms with Gasteiger partial charge in [-0.1, -0.05) is 25.3 Å². The van der Waals surface area contributed by atoms with Gasteiger partial charge in [0.15, 0.2) is 0 Å². The predicted molar refractivity (Wildman–Crippen MR) is 63.6 cm³/mol. The monoisotopic (exact) mass is 220 g/mol. The second kappa shape index (κ2) is 4.96. The van der Waals surface area contributed by atoms with Crippen molar-refractivity contribution in [3.05, 3.63) is 34.4 Å². The van der Waals surface area contributed by atoms with Crippen molar-refractivity contribution in [3.63, 3.8) is 0 Å². The zero-order valence-electron chi connectivity index (χ0n) is 9.19. The van der Waals surface area contributed by atoms with Crippen LogP contribution in [0.5, 0.6) is 0 Å². The molecule has 1 fully saturated rings. The number of non-ortho nitro benzene ring substituents is 1. The van der Waals surface area contributed by atoms with Gasteiger partial charge < -0.3 is 5.32 Å². The van der Waals surface area contributed by atoms with E-state index in [1.807, 2.05) is 6.07 Å². The van der Waals surface area contributed by atoms with Gasteiger partial charge >= 0.3 is 0 Å². The van der Waals surface area contributed by atoms with E-state index in [2.05, 4.69) is 5.32 Å². The molecule has 2 rings (SSSR count). The Labute approximate surface area is 94.8 Å². The average Bonchev–Trinajstić information content (AvgIpc) is 2.30. The van der Waals surface area contributed by atoms with E-state index in [0.29, 0.717) is 6.04 Å². The molecule has 4 heteroatoms. The molecule has 0 atom stereocenters. The molecule has 1 saturated carbocycles. The molecule has 0 aromatic heterocycles. The summed E-state index contributed by atoms with van der Waals surface area (Å²) in [5, 5.41) is 14.0. The number of nitro benzene ring substituents is 1. The number of anilines is 1. The molecule has 4 nitrogen and oxygen atoms in total. The van der Waals surface area contributed by atoms with Gasteiger partial charge in [0.1, 0.15) is 0 Å². The third kappa shape index (κ3) is 2.72. The fraction of sp³-hybridized carbons (Fsp3) is 0.500. The van der Waals surface area contributed by atoms with Crippen molar-refractivity contribution in [1.29, 1.82) is 0 Å². The smallest absolute Gasteiger partial charge is 0.271 e. The number of hydrogen-bond acceptors (Lipinski definition) is 3. The van der Waals surface area contributed by atoms with Crippen LogP contribution in [0.15, 0.2) is 24.3 Å². The molecule has 0 amide bonds. The van der Waals surface area contributed by atoms with Crippen molar-refractivity contribution in [1.82, 2.24) is 0 Å². The molecule has 1 aromatic carbocycles. The van der Waals surface area contributed by atoms with Crippen LogP contribution in [0.25, 0.3) is 0 Å². The van der Waals surface area contributed by atoms with Gasteiger partial charge in [0.05, 0.1) is 4.92 Å². The maximum absolute atomic E-state index is 10.6. The van der Waals surface area contributed by atoms with Crippen molar-refractivity contribution in [2.24, 2.45) is 0 Å². The quantitative estimate of drug-likeness (QED) is 0.627. The Balaban J connectivity index is 2.02. The first-order valence-corrected chi connectivity index (χ1v) is 5.77. The van der Waals surface area contributed by atoms with Crippen LogP contribution < -0.4 is 5.32 Å². The molecule has 0 saturated heterocycles. The van der Waals surface area contributed by atoms with E-state index in [-0.39, 0.29) is 10.6 Å². The minimum Gasteiger partial charge on any atom is -0.382 e. The van der Waals surface area contributed by atoms with E-state index in [1.165, 1.54) is 38.2 Å². The molecular formula is C12H16N2O2. The normalized spacial score (nSPS) is 17.0. The van der Waals surface area contributed by atoms with E-state index in [9.17, 15) is 10.1 Å². The highest BCUT2D eigenvalue weighted by atomic mass is 16.6. The van der Waals surface area contributed by atoms with E-state index in [1.54, 1.807) is 12.1 Å². The van der Waals surface area contributed by atoms with Crippen molar-refractivity contribution in [2.75, 3.05) is 5.32 Å². The molecule has 0 spiro atoms. The topological polar surface area (TPSA) is 55.2 Å². The molecule has 1 aliphatic carbocycles. The van der Waals surface area contributed by atoms with Gasteiger partial charge in [0.25, 0.3) is 5.69 Å². The second-order valence-electron chi connectivity index (χ2n) is 4.29. The van der Waals surface area contributed by atoms with Crippen LogP contribution in [-0.2, 0) is 0 Å². The summed E-state index contributed by atoms with van der Waals surface area (Å²) in [5.74, 6) is 0. The lowest BCUT2D eigenvalue weighted by atomic mass is 9.95. The summed E-state index contributed by atoms with van der Waals surface area (Å²) in [5.41, 5.74) is 1.02. The average molecular weight is 220 g/mol. The number of hydrogen-bond donors (Lipinski definition) is 1. The highest BCUT2D eigenvalue weighted by Crippen LogP contribution is 2.23. The Morgan fingerprint density at radius 3 is 2.69 bits per heavy atom. The minimum atomic E-state index is -0.355. The van der Waals surface area contributed by atoms with Crippen LogP contribution >= 0.6 is 0 Å². The molecule has 0 radical (unpaired) electrons. The van der Waals surface area contributed by atoms with E-state index in [4.69, 9.17) is 0 Å². The van der Waals surface area contributed by atoms with E-state index >= 15 is 0 Å². The Hall–Kier alpha value is -1.58. The Morgan fingerprint density at radius 2 is 2.00 bits per heavy atom. The van der Waals surface area contributed by atoms with Crippen LogP contribution in [0, 0.1) is 10.1 Å². The van der Waals surface area contributed by atoms with Gasteiger partial charge in [-0.25, -0.2) is 0 Å². The van der Waals surface area contributed by atoms with Crippen LogP contribution in [-0.4, -0.2) is 11.0 Å². The number of nitro groups is 1. The lowest BCUT2D eigenvalue weighted by Crippen LogP contribution is -2.22. The molecule has 1 aromatic rings. The first kappa shape index (κ1) is 10.9. The largest absolute Gasteiger partial charge is 0.382 e. The molecule has 16 heavy (non-hydrogen) atoms. The van der Waals surface area contributed by atoms with Gasteiger partial charge in [-0.3, -0.25) is 10.1 Å². The molecule has 0 aliphatic heterocycles. The first-order chi connectivity index (χ1) is 7.75. The van der Waals surface area contributed by atoms with Gasteiger partial charge in [-0.2, -0.15) is 0 Å². The predicted octanol–water partition coefficient (Wildman–Crippen LogP) is 3.34. The summed E-state index contributed by atoms with van der Waals surface area (Å²) in [6.07, 6.45) is 6.16. The Morgan fingerprint density at radius 1 is 1.25 bits per heavy atom. The highest BCUT2D eigenvalue weighted by Gasteiger charge is 2.14. The maximum atomic E-state index is 10.6. The molecular weight excluding hydrogens is 204 g/mol. The third-order valence-corrected chi connectivity index (χ3v) is 3.03. The highest BCUT2D eigenvalue weighted by molar-refractivity contribution is 5.51. The maximum Gasteiger partial charge on any atom is 0.271 e. The van der Waals surface area contributed by atoms with Crippen molar-refractivity contribution in [2.45, 2.75) is 38.1 Å². The first-order valence-electron chi connectivity index (χ1n) is 5.77. The van der Waals surface area contributed by atoms with E-state index in [0.717, 1.165) is 5.69 Å². The number of nitrogens with one attached hydrogen (secondary N) is 1. The third-order valence-electron chi connectivity index (χ3n) is 3.03. The van der Waals surface area contributed by atoms with Crippen LogP contribution in [0.3, 0.4) is 0 Å². The standard InChI is InChI=1S/C12H16N2O2/c15-14(16)12-8-4-7-11(9-12)13-10-5-2-1-3-6-10/h4,7-10,13H,1-3,5-6H2. The fourth-order valence-corrected chi connectivity index (χ4v) is 2.19. The van der Waals surface area contributed by atoms with Gasteiger partial charge in [0.2, 0.25) is 0 Å². The summed E-state index contributed by atoms with van der Waals surface area (Å²) in [6.45, 7) is 0. The second-order valence-corrected chi connectivity index (χ2v) is 4.29. The number of benzene rings is 1. The molecule has 1 N–H and O–H groups in total. The van der Waals surface area contributed by atoms with Gasteiger partial charge in [-0.15, -0.1) is 0 Å². The van der Waals surface area contributed by atoms with Crippen LogP contribution in [0.2, 0.25) is 0 Å². The molecule has 0 bridgehead atoms. The zero-order chi connectivity index (χ0) is 11.4. The molecule has 0 unspecified atom stereocenters. The Kier molecular flexibility index (Phi) is 3.39. The fourth-order valence-electron chi connectivity index (χ4n) is 2.19. The lowest BCUT2D eigenvalue weighted by Gasteiger charge is -2.23. The lowest BCUT2D eigenvalue weighted by molar-refractivity contribution is -0.384. The van der Waals surface area contributed by atoms with E-state index < -0.39 is 0 Å². The summed E-state index contributed by atoms with van der Waals surface area (Å²) in [7, 11) is 0. The molecule has 1 aliphatic rings. The summed E-state index contributed by atoms with van der Waals surface area (Å²) in [6, 6.07) is 7.22. The molecule has 0 heterocycles. The zero-order valence-corrected chi connectivity index (χ0v) is 9.19. The van der Waals surface area contributed by atoms with Crippen LogP contribution in [0.4, 0.5) is 11.4 Å². The SMILES string of the molecule is O=[N+]([O-])c1cccc(NC2CCCCC2)c1. The summed E-state index contributed by atoms with van der Waals surface area (Å²) < 4.78 is 0. The number of nitrogens with zero attached hydrogens (tertiary/aromatic N) is 1. The molecule has 86 valence electrons. The van der Waals surface area contributed by atoms with Crippen molar-refractivity contribution in [3.8, 4) is 0 Å². The Bertz CT molecular complexity index is 373. The summed E-state index contributed by atoms with van der Waals surface area (Å²) >= 11 is 0. The number of rotatable bonds is 3. The van der Waals surface area contributed by atoms with Gasteiger partial charge in [-0.05, 0) is 18.9 Å². The van der Waals surface area contributed by atoms with Gasteiger partial charge in [0, 0.05) is 23.9 Å². The van der Waals surface area contributed by atoms with Crippen molar-refractivity contribution >= 4 is 11.4 Å². The summed E-state index contributed by atoms with van der Waals surface area (Å²) in [4.78, 5) is 10.3. The minimum absolute atomic E-state index is 0.154.